The molecule has 1 aromatic carbocycles. The molecule has 0 spiro atoms. The van der Waals surface area contributed by atoms with Crippen LogP contribution in [0.3, 0.4) is 0 Å². The largest absolute Gasteiger partial charge is 0.493 e. The maximum Gasteiger partial charge on any atom is 0.223 e. The SMILES string of the molecule is CC(=O)NC[C@H]1[C@H]2C[C@H](CN(Cc3ccc4c(c3)CCO4)C2)[C@@H]2CCCC(=O)N21. The number of likely N-dealkylation sites (tertiary alicyclic amines) is 1. The highest BCUT2D eigenvalue weighted by molar-refractivity contribution is 5.78. The molecule has 29 heavy (non-hydrogen) atoms. The minimum absolute atomic E-state index is 0.0128. The minimum atomic E-state index is -0.0128. The minimum Gasteiger partial charge on any atom is -0.493 e. The second kappa shape index (κ2) is 7.63. The van der Waals surface area contributed by atoms with Crippen molar-refractivity contribution in [3.63, 3.8) is 0 Å². The lowest BCUT2D eigenvalue weighted by Gasteiger charge is -2.56. The smallest absolute Gasteiger partial charge is 0.223 e. The molecule has 0 aliphatic carbocycles. The third kappa shape index (κ3) is 3.63. The number of hydrogen-bond donors (Lipinski definition) is 1. The van der Waals surface area contributed by atoms with Gasteiger partial charge in [-0.2, -0.15) is 0 Å². The fourth-order valence-electron chi connectivity index (χ4n) is 6.11. The van der Waals surface area contributed by atoms with Gasteiger partial charge in [-0.3, -0.25) is 14.5 Å². The third-order valence-electron chi connectivity index (χ3n) is 7.29. The molecule has 0 unspecified atom stereocenters. The van der Waals surface area contributed by atoms with Gasteiger partial charge in [0.05, 0.1) is 12.6 Å². The van der Waals surface area contributed by atoms with Crippen molar-refractivity contribution in [1.82, 2.24) is 15.1 Å². The Bertz CT molecular complexity index is 811. The highest BCUT2D eigenvalue weighted by Gasteiger charge is 2.49. The monoisotopic (exact) mass is 397 g/mol. The number of amides is 2. The zero-order valence-corrected chi connectivity index (χ0v) is 17.2. The van der Waals surface area contributed by atoms with Gasteiger partial charge in [0.15, 0.2) is 0 Å². The number of nitrogens with zero attached hydrogens (tertiary/aromatic N) is 2. The molecule has 4 aliphatic heterocycles. The normalized spacial score (nSPS) is 31.1. The molecule has 1 aromatic rings. The third-order valence-corrected chi connectivity index (χ3v) is 7.29. The number of piperidine rings is 3. The second-order valence-electron chi connectivity index (χ2n) is 9.26. The number of rotatable bonds is 4. The van der Waals surface area contributed by atoms with Gasteiger partial charge in [0.2, 0.25) is 11.8 Å². The number of fused-ring (bicyclic) bond motifs is 5. The summed E-state index contributed by atoms with van der Waals surface area (Å²) in [5.74, 6) is 2.29. The number of benzene rings is 1. The maximum atomic E-state index is 12.8. The van der Waals surface area contributed by atoms with Crippen LogP contribution in [0.1, 0.15) is 43.7 Å². The molecule has 1 N–H and O–H groups in total. The summed E-state index contributed by atoms with van der Waals surface area (Å²) < 4.78 is 5.65. The Hall–Kier alpha value is -2.08. The lowest BCUT2D eigenvalue weighted by molar-refractivity contribution is -0.153. The van der Waals surface area contributed by atoms with Gasteiger partial charge in [-0.05, 0) is 48.3 Å². The van der Waals surface area contributed by atoms with E-state index in [1.54, 1.807) is 6.92 Å². The average molecular weight is 398 g/mol. The van der Waals surface area contributed by atoms with Crippen LogP contribution in [0.4, 0.5) is 0 Å². The van der Waals surface area contributed by atoms with E-state index in [0.717, 1.165) is 51.3 Å². The fraction of sp³-hybridized carbons (Fsp3) is 0.652. The predicted octanol–water partition coefficient (Wildman–Crippen LogP) is 1.96. The van der Waals surface area contributed by atoms with Crippen molar-refractivity contribution in [2.75, 3.05) is 26.2 Å². The van der Waals surface area contributed by atoms with E-state index in [9.17, 15) is 9.59 Å². The van der Waals surface area contributed by atoms with Crippen LogP contribution in [-0.2, 0) is 22.6 Å². The van der Waals surface area contributed by atoms with Gasteiger partial charge < -0.3 is 15.0 Å². The summed E-state index contributed by atoms with van der Waals surface area (Å²) in [4.78, 5) is 29.1. The van der Waals surface area contributed by atoms with Crippen molar-refractivity contribution in [3.8, 4) is 5.75 Å². The first-order chi connectivity index (χ1) is 14.1. The lowest BCUT2D eigenvalue weighted by atomic mass is 9.72. The zero-order chi connectivity index (χ0) is 20.0. The topological polar surface area (TPSA) is 61.9 Å². The Morgan fingerprint density at radius 2 is 2.10 bits per heavy atom. The molecule has 0 radical (unpaired) electrons. The number of carbonyl (C=O) groups excluding carboxylic acids is 2. The van der Waals surface area contributed by atoms with Crippen LogP contribution >= 0.6 is 0 Å². The van der Waals surface area contributed by atoms with Crippen molar-refractivity contribution in [1.29, 1.82) is 0 Å². The number of nitrogens with one attached hydrogen (secondary N) is 1. The summed E-state index contributed by atoms with van der Waals surface area (Å²) in [6, 6.07) is 7.08. The lowest BCUT2D eigenvalue weighted by Crippen LogP contribution is -2.66. The average Bonchev–Trinajstić information content (AvgIpc) is 3.16. The Kier molecular flexibility index (Phi) is 4.98. The number of hydrogen-bond acceptors (Lipinski definition) is 4. The Morgan fingerprint density at radius 3 is 2.97 bits per heavy atom. The van der Waals surface area contributed by atoms with Gasteiger partial charge in [-0.15, -0.1) is 0 Å². The molecule has 5 rings (SSSR count). The standard InChI is InChI=1S/C23H31N3O3/c1-15(27)24-11-21-19-10-18(20-3-2-4-23(28)26(20)21)13-25(14-19)12-16-5-6-22-17(9-16)7-8-29-22/h5-6,9,18-21H,2-4,7-8,10-14H2,1H3,(H,24,27)/t18-,19+,20+,21+/m1/s1. The first-order valence-electron chi connectivity index (χ1n) is 11.1. The fourth-order valence-corrected chi connectivity index (χ4v) is 6.11. The summed E-state index contributed by atoms with van der Waals surface area (Å²) in [6.45, 7) is 5.94. The zero-order valence-electron chi connectivity index (χ0n) is 17.2. The van der Waals surface area contributed by atoms with Gasteiger partial charge in [0, 0.05) is 52.0 Å². The van der Waals surface area contributed by atoms with Crippen LogP contribution in [0.5, 0.6) is 5.75 Å². The summed E-state index contributed by atoms with van der Waals surface area (Å²) >= 11 is 0. The van der Waals surface area contributed by atoms with Crippen LogP contribution in [-0.4, -0.2) is 59.9 Å². The molecule has 0 saturated carbocycles. The quantitative estimate of drug-likeness (QED) is 0.844. The summed E-state index contributed by atoms with van der Waals surface area (Å²) in [5, 5.41) is 3.00. The van der Waals surface area contributed by atoms with Crippen LogP contribution in [0.15, 0.2) is 18.2 Å². The second-order valence-corrected chi connectivity index (χ2v) is 9.26. The Balaban J connectivity index is 1.35. The summed E-state index contributed by atoms with van der Waals surface area (Å²) in [5.41, 5.74) is 2.68. The van der Waals surface area contributed by atoms with E-state index >= 15 is 0 Å². The van der Waals surface area contributed by atoms with Crippen molar-refractivity contribution in [2.45, 2.75) is 57.7 Å². The molecule has 156 valence electrons. The molecule has 4 aliphatic rings. The molecule has 4 atom stereocenters. The van der Waals surface area contributed by atoms with Crippen molar-refractivity contribution in [3.05, 3.63) is 29.3 Å². The Morgan fingerprint density at radius 1 is 1.24 bits per heavy atom. The maximum absolute atomic E-state index is 12.8. The molecule has 6 nitrogen and oxygen atoms in total. The van der Waals surface area contributed by atoms with Gasteiger partial charge in [0.1, 0.15) is 5.75 Å². The van der Waals surface area contributed by atoms with Gasteiger partial charge in [0.25, 0.3) is 0 Å². The molecule has 6 heteroatoms. The molecule has 4 heterocycles. The molecule has 3 saturated heterocycles. The van der Waals surface area contributed by atoms with Gasteiger partial charge in [-0.1, -0.05) is 12.1 Å². The number of carbonyl (C=O) groups is 2. The van der Waals surface area contributed by atoms with Crippen molar-refractivity contribution >= 4 is 11.8 Å². The van der Waals surface area contributed by atoms with Gasteiger partial charge in [-0.25, -0.2) is 0 Å². The predicted molar refractivity (Wildman–Crippen MR) is 109 cm³/mol. The molecule has 3 fully saturated rings. The first-order valence-corrected chi connectivity index (χ1v) is 11.1. The summed E-state index contributed by atoms with van der Waals surface area (Å²) in [7, 11) is 0. The van der Waals surface area contributed by atoms with Crippen LogP contribution in [0.2, 0.25) is 0 Å². The van der Waals surface area contributed by atoms with Crippen LogP contribution < -0.4 is 10.1 Å². The highest BCUT2D eigenvalue weighted by Crippen LogP contribution is 2.42. The van der Waals surface area contributed by atoms with E-state index in [0.29, 0.717) is 36.8 Å². The van der Waals surface area contributed by atoms with Gasteiger partial charge >= 0.3 is 0 Å². The van der Waals surface area contributed by atoms with Crippen LogP contribution in [0, 0.1) is 11.8 Å². The first kappa shape index (κ1) is 18.9. The van der Waals surface area contributed by atoms with E-state index in [-0.39, 0.29) is 11.9 Å². The molecular weight excluding hydrogens is 366 g/mol. The van der Waals surface area contributed by atoms with E-state index in [2.05, 4.69) is 33.3 Å². The van der Waals surface area contributed by atoms with E-state index in [1.807, 2.05) is 0 Å². The number of ether oxygens (including phenoxy) is 1. The van der Waals surface area contributed by atoms with E-state index in [4.69, 9.17) is 4.74 Å². The van der Waals surface area contributed by atoms with Crippen molar-refractivity contribution in [2.24, 2.45) is 11.8 Å². The van der Waals surface area contributed by atoms with E-state index in [1.165, 1.54) is 17.5 Å². The molecule has 2 amide bonds. The molecule has 0 aromatic heterocycles. The Labute approximate surface area is 172 Å². The van der Waals surface area contributed by atoms with Crippen molar-refractivity contribution < 1.29 is 14.3 Å². The molecule has 2 bridgehead atoms. The summed E-state index contributed by atoms with van der Waals surface area (Å²) in [6.07, 6.45) is 4.94. The molecular formula is C23H31N3O3. The van der Waals surface area contributed by atoms with Crippen LogP contribution in [0.25, 0.3) is 0 Å². The van der Waals surface area contributed by atoms with E-state index < -0.39 is 0 Å². The highest BCUT2D eigenvalue weighted by atomic mass is 16.5.